The summed E-state index contributed by atoms with van der Waals surface area (Å²) in [5.41, 5.74) is 8.11. The van der Waals surface area contributed by atoms with Crippen molar-refractivity contribution in [3.8, 4) is 5.75 Å². The Labute approximate surface area is 193 Å². The molecule has 2 aliphatic heterocycles. The van der Waals surface area contributed by atoms with Gasteiger partial charge in [-0.1, -0.05) is 0 Å². The van der Waals surface area contributed by atoms with Crippen molar-refractivity contribution < 1.29 is 19.0 Å². The van der Waals surface area contributed by atoms with Gasteiger partial charge in [0.2, 0.25) is 5.90 Å². The van der Waals surface area contributed by atoms with E-state index in [9.17, 15) is 4.79 Å². The maximum atomic E-state index is 13.3. The van der Waals surface area contributed by atoms with Crippen LogP contribution in [0.15, 0.2) is 35.3 Å². The summed E-state index contributed by atoms with van der Waals surface area (Å²) in [6.45, 7) is 7.89. The number of nitrogens with two attached hydrogens (primary N) is 1. The van der Waals surface area contributed by atoms with E-state index in [2.05, 4.69) is 17.2 Å². The van der Waals surface area contributed by atoms with Gasteiger partial charge in [0.25, 0.3) is 5.91 Å². The normalized spacial score (nSPS) is 27.0. The highest BCUT2D eigenvalue weighted by Crippen LogP contribution is 2.53. The first kappa shape index (κ1) is 21.8. The Hall–Kier alpha value is -3.07. The molecular formula is C24H31N5O4. The summed E-state index contributed by atoms with van der Waals surface area (Å²) in [6, 6.07) is 1.82. The van der Waals surface area contributed by atoms with Crippen LogP contribution in [-0.2, 0) is 14.9 Å². The van der Waals surface area contributed by atoms with Gasteiger partial charge in [0.15, 0.2) is 0 Å². The zero-order chi connectivity index (χ0) is 23.2. The minimum Gasteiger partial charge on any atom is -0.490 e. The lowest BCUT2D eigenvalue weighted by Crippen LogP contribution is -2.31. The first-order chi connectivity index (χ1) is 15.8. The second kappa shape index (κ2) is 8.06. The molecule has 3 aliphatic rings. The molecule has 0 aromatic carbocycles. The summed E-state index contributed by atoms with van der Waals surface area (Å²) in [6.07, 6.45) is 8.87. The summed E-state index contributed by atoms with van der Waals surface area (Å²) >= 11 is 0. The number of nitrogens with zero attached hydrogens (tertiary/aromatic N) is 3. The van der Waals surface area contributed by atoms with Gasteiger partial charge in [-0.15, -0.1) is 0 Å². The fourth-order valence-electron chi connectivity index (χ4n) is 5.02. The first-order valence-corrected chi connectivity index (χ1v) is 11.6. The third-order valence-corrected chi connectivity index (χ3v) is 6.69. The molecule has 0 radical (unpaired) electrons. The Morgan fingerprint density at radius 3 is 2.82 bits per heavy atom. The van der Waals surface area contributed by atoms with Crippen LogP contribution >= 0.6 is 0 Å². The largest absolute Gasteiger partial charge is 0.490 e. The number of amides is 1. The van der Waals surface area contributed by atoms with E-state index >= 15 is 0 Å². The van der Waals surface area contributed by atoms with Crippen LogP contribution in [0.2, 0.25) is 0 Å². The number of pyridine rings is 1. The van der Waals surface area contributed by atoms with Crippen molar-refractivity contribution in [3.63, 3.8) is 0 Å². The molecule has 176 valence electrons. The van der Waals surface area contributed by atoms with Crippen molar-refractivity contribution in [1.29, 1.82) is 0 Å². The summed E-state index contributed by atoms with van der Waals surface area (Å²) < 4.78 is 19.5. The Bertz CT molecular complexity index is 1140. The number of rotatable bonds is 6. The zero-order valence-corrected chi connectivity index (χ0v) is 19.4. The van der Waals surface area contributed by atoms with Crippen molar-refractivity contribution in [1.82, 2.24) is 14.7 Å². The van der Waals surface area contributed by atoms with Crippen molar-refractivity contribution in [2.24, 2.45) is 10.7 Å². The van der Waals surface area contributed by atoms with Crippen LogP contribution < -0.4 is 15.8 Å². The monoisotopic (exact) mass is 453 g/mol. The quantitative estimate of drug-likeness (QED) is 0.695. The molecule has 2 atom stereocenters. The summed E-state index contributed by atoms with van der Waals surface area (Å²) in [4.78, 5) is 22.5. The number of hydrogen-bond donors (Lipinski definition) is 2. The lowest BCUT2D eigenvalue weighted by molar-refractivity contribution is -0.00627. The highest BCUT2D eigenvalue weighted by Gasteiger charge is 2.55. The fraction of sp³-hybridized carbons (Fsp3) is 0.542. The van der Waals surface area contributed by atoms with Gasteiger partial charge in [0, 0.05) is 43.0 Å². The molecule has 33 heavy (non-hydrogen) atoms. The van der Waals surface area contributed by atoms with Gasteiger partial charge < -0.3 is 29.7 Å². The van der Waals surface area contributed by atoms with Crippen molar-refractivity contribution in [2.45, 2.75) is 63.6 Å². The van der Waals surface area contributed by atoms with Crippen LogP contribution in [0, 0.1) is 0 Å². The van der Waals surface area contributed by atoms with E-state index in [0.29, 0.717) is 42.7 Å². The molecule has 9 nitrogen and oxygen atoms in total. The molecule has 0 spiro atoms. The lowest BCUT2D eigenvalue weighted by Gasteiger charge is -2.24. The van der Waals surface area contributed by atoms with Gasteiger partial charge in [-0.3, -0.25) is 4.79 Å². The third-order valence-electron chi connectivity index (χ3n) is 6.69. The second-order valence-corrected chi connectivity index (χ2v) is 9.73. The molecular weight excluding hydrogens is 422 g/mol. The average Bonchev–Trinajstić information content (AvgIpc) is 3.47. The minimum atomic E-state index is -0.354. The Balaban J connectivity index is 1.49. The number of carbonyl (C=O) groups excluding carboxylic acids is 1. The van der Waals surface area contributed by atoms with Crippen molar-refractivity contribution in [3.05, 3.63) is 41.6 Å². The molecule has 1 amide bonds. The predicted octanol–water partition coefficient (Wildman–Crippen LogP) is 2.68. The van der Waals surface area contributed by atoms with E-state index in [1.54, 1.807) is 6.20 Å². The van der Waals surface area contributed by atoms with Crippen LogP contribution in [0.1, 0.15) is 62.5 Å². The average molecular weight is 454 g/mol. The fourth-order valence-corrected chi connectivity index (χ4v) is 5.02. The van der Waals surface area contributed by atoms with Gasteiger partial charge in [0.05, 0.1) is 36.2 Å². The Morgan fingerprint density at radius 1 is 1.36 bits per heavy atom. The molecule has 9 heteroatoms. The van der Waals surface area contributed by atoms with Crippen LogP contribution in [-0.4, -0.2) is 52.7 Å². The number of aliphatic imine (C=N–C) groups is 1. The van der Waals surface area contributed by atoms with Crippen LogP contribution in [0.3, 0.4) is 0 Å². The van der Waals surface area contributed by atoms with Gasteiger partial charge in [0.1, 0.15) is 17.1 Å². The topological polar surface area (TPSA) is 112 Å². The summed E-state index contributed by atoms with van der Waals surface area (Å²) in [7, 11) is 0. The molecule has 5 rings (SSSR count). The number of ether oxygens (including phenoxy) is 3. The number of hydrogen-bond acceptors (Lipinski definition) is 7. The maximum absolute atomic E-state index is 13.3. The van der Waals surface area contributed by atoms with Crippen LogP contribution in [0.25, 0.3) is 5.65 Å². The standard InChI is InChI=1S/C24H31N5O4/c1-15(2)33-18-9-20-28-19(24-6-5-23(3,13-24)32-14-24)12-29(20)11-16(18)21(30)27-17(10-25)22-26-7-4-8-31-22/h9-12,15H,4-8,13-14,25H2,1-3H3,(H,27,30)/b17-10+. The zero-order valence-electron chi connectivity index (χ0n) is 19.4. The predicted molar refractivity (Wildman–Crippen MR) is 123 cm³/mol. The van der Waals surface area contributed by atoms with E-state index < -0.39 is 0 Å². The van der Waals surface area contributed by atoms with Gasteiger partial charge in [-0.05, 0) is 40.0 Å². The third kappa shape index (κ3) is 3.94. The van der Waals surface area contributed by atoms with Crippen molar-refractivity contribution in [2.75, 3.05) is 19.8 Å². The Kier molecular flexibility index (Phi) is 5.31. The molecule has 2 unspecified atom stereocenters. The lowest BCUT2D eigenvalue weighted by atomic mass is 9.84. The number of imidazole rings is 1. The summed E-state index contributed by atoms with van der Waals surface area (Å²) in [5.74, 6) is 0.456. The second-order valence-electron chi connectivity index (χ2n) is 9.73. The molecule has 2 aromatic heterocycles. The van der Waals surface area contributed by atoms with Crippen LogP contribution in [0.4, 0.5) is 0 Å². The van der Waals surface area contributed by atoms with Gasteiger partial charge in [-0.2, -0.15) is 0 Å². The van der Waals surface area contributed by atoms with E-state index in [1.165, 1.54) is 6.20 Å². The van der Waals surface area contributed by atoms with Crippen molar-refractivity contribution >= 4 is 17.5 Å². The smallest absolute Gasteiger partial charge is 0.261 e. The van der Waals surface area contributed by atoms with Crippen LogP contribution in [0.5, 0.6) is 5.75 Å². The molecule has 2 fully saturated rings. The number of fused-ring (bicyclic) bond motifs is 3. The Morgan fingerprint density at radius 2 is 2.21 bits per heavy atom. The number of nitrogens with one attached hydrogen (secondary N) is 1. The maximum Gasteiger partial charge on any atom is 0.261 e. The molecule has 1 saturated carbocycles. The molecule has 1 aliphatic carbocycles. The van der Waals surface area contributed by atoms with Gasteiger partial charge in [-0.25, -0.2) is 9.98 Å². The summed E-state index contributed by atoms with van der Waals surface area (Å²) in [5, 5.41) is 2.83. The minimum absolute atomic E-state index is 0.0539. The molecule has 4 heterocycles. The van der Waals surface area contributed by atoms with E-state index in [4.69, 9.17) is 24.9 Å². The molecule has 2 bridgehead atoms. The van der Waals surface area contributed by atoms with E-state index in [0.717, 1.165) is 37.0 Å². The number of aromatic nitrogens is 2. The molecule has 2 aromatic rings. The molecule has 1 saturated heterocycles. The molecule has 3 N–H and O–H groups in total. The SMILES string of the molecule is CC(C)Oc1cc2nc(C34CCC(C)(C3)OC4)cn2cc1C(=O)N/C(=C/N)C1=NCCCO1. The van der Waals surface area contributed by atoms with Gasteiger partial charge >= 0.3 is 0 Å². The van der Waals surface area contributed by atoms with E-state index in [-0.39, 0.29) is 23.0 Å². The first-order valence-electron chi connectivity index (χ1n) is 11.6. The number of carbonyl (C=O) groups is 1. The highest BCUT2D eigenvalue weighted by molar-refractivity contribution is 6.04. The highest BCUT2D eigenvalue weighted by atomic mass is 16.5. The van der Waals surface area contributed by atoms with E-state index in [1.807, 2.05) is 30.5 Å².